The highest BCUT2D eigenvalue weighted by Crippen LogP contribution is 2.29. The van der Waals surface area contributed by atoms with Gasteiger partial charge < -0.3 is 9.88 Å². The first-order chi connectivity index (χ1) is 9.93. The first-order valence-corrected chi connectivity index (χ1v) is 7.38. The summed E-state index contributed by atoms with van der Waals surface area (Å²) in [7, 11) is 0. The zero-order chi connectivity index (χ0) is 15.0. The van der Waals surface area contributed by atoms with Crippen molar-refractivity contribution in [3.63, 3.8) is 0 Å². The Hall–Kier alpha value is -1.15. The minimum Gasteiger partial charge on any atom is -0.314 e. The molecule has 0 amide bonds. The molecule has 3 heterocycles. The number of aromatic nitrogens is 3. The van der Waals surface area contributed by atoms with Crippen LogP contribution in [0.25, 0.3) is 0 Å². The molecule has 0 aliphatic carbocycles. The molecule has 1 N–H and O–H groups in total. The lowest BCUT2D eigenvalue weighted by Gasteiger charge is -2.34. The fraction of sp³-hybridized carbons (Fsp3) is 0.846. The third kappa shape index (κ3) is 3.21. The summed E-state index contributed by atoms with van der Waals surface area (Å²) in [5.74, 6) is 0.168. The topological polar surface area (TPSA) is 46.0 Å². The molecule has 5 nitrogen and oxygen atoms in total. The Bertz CT molecular complexity index is 498. The monoisotopic (exact) mass is 303 g/mol. The van der Waals surface area contributed by atoms with E-state index in [0.717, 1.165) is 25.9 Å². The maximum absolute atomic E-state index is 12.8. The second-order valence-corrected chi connectivity index (χ2v) is 6.07. The largest absolute Gasteiger partial charge is 0.451 e. The van der Waals surface area contributed by atoms with Crippen LogP contribution in [-0.4, -0.2) is 45.3 Å². The summed E-state index contributed by atoms with van der Waals surface area (Å²) in [4.78, 5) is 2.20. The molecule has 3 rings (SSSR count). The average Bonchev–Trinajstić information content (AvgIpc) is 2.81. The first kappa shape index (κ1) is 14.8. The molecule has 1 fully saturated rings. The average molecular weight is 303 g/mol. The minimum atomic E-state index is -4.42. The first-order valence-electron chi connectivity index (χ1n) is 7.38. The van der Waals surface area contributed by atoms with Gasteiger partial charge in [-0.1, -0.05) is 0 Å². The summed E-state index contributed by atoms with van der Waals surface area (Å²) in [5.41, 5.74) is 0. The summed E-state index contributed by atoms with van der Waals surface area (Å²) in [6.45, 7) is 5.54. The number of alkyl halides is 3. The van der Waals surface area contributed by atoms with Gasteiger partial charge in [-0.2, -0.15) is 13.2 Å². The molecule has 2 atom stereocenters. The van der Waals surface area contributed by atoms with Crippen molar-refractivity contribution in [3.05, 3.63) is 11.6 Å². The smallest absolute Gasteiger partial charge is 0.314 e. The highest BCUT2D eigenvalue weighted by atomic mass is 19.4. The highest BCUT2D eigenvalue weighted by Gasteiger charge is 2.39. The molecular weight excluding hydrogens is 283 g/mol. The normalized spacial score (nSPS) is 27.6. The molecule has 2 unspecified atom stereocenters. The van der Waals surface area contributed by atoms with Crippen molar-refractivity contribution < 1.29 is 13.2 Å². The van der Waals surface area contributed by atoms with Crippen molar-refractivity contribution in [1.82, 2.24) is 25.0 Å². The van der Waals surface area contributed by atoms with E-state index in [9.17, 15) is 13.2 Å². The zero-order valence-corrected chi connectivity index (χ0v) is 12.0. The van der Waals surface area contributed by atoms with Gasteiger partial charge in [-0.05, 0) is 32.2 Å². The van der Waals surface area contributed by atoms with Crippen LogP contribution in [0.15, 0.2) is 0 Å². The number of nitrogens with one attached hydrogen (secondary N) is 1. The predicted molar refractivity (Wildman–Crippen MR) is 70.5 cm³/mol. The molecular formula is C13H20F3N5. The Balaban J connectivity index is 1.64. The maximum Gasteiger partial charge on any atom is 0.451 e. The molecule has 0 saturated carbocycles. The molecule has 21 heavy (non-hydrogen) atoms. The van der Waals surface area contributed by atoms with Crippen molar-refractivity contribution in [2.75, 3.05) is 19.6 Å². The molecule has 0 radical (unpaired) electrons. The molecule has 0 aromatic carbocycles. The Morgan fingerprint density at radius 1 is 1.29 bits per heavy atom. The van der Waals surface area contributed by atoms with Crippen LogP contribution in [0.5, 0.6) is 0 Å². The van der Waals surface area contributed by atoms with Gasteiger partial charge in [-0.3, -0.25) is 4.90 Å². The highest BCUT2D eigenvalue weighted by molar-refractivity contribution is 5.02. The fourth-order valence-electron chi connectivity index (χ4n) is 3.34. The van der Waals surface area contributed by atoms with E-state index < -0.39 is 12.0 Å². The lowest BCUT2D eigenvalue weighted by molar-refractivity contribution is -0.148. The van der Waals surface area contributed by atoms with Crippen LogP contribution in [-0.2, 0) is 19.3 Å². The fourth-order valence-corrected chi connectivity index (χ4v) is 3.34. The van der Waals surface area contributed by atoms with E-state index in [1.54, 1.807) is 0 Å². The molecule has 8 heteroatoms. The van der Waals surface area contributed by atoms with Crippen molar-refractivity contribution in [3.8, 4) is 0 Å². The second kappa shape index (κ2) is 5.57. The van der Waals surface area contributed by atoms with E-state index in [1.807, 2.05) is 0 Å². The van der Waals surface area contributed by atoms with E-state index in [4.69, 9.17) is 0 Å². The Morgan fingerprint density at radius 2 is 2.10 bits per heavy atom. The molecule has 118 valence electrons. The van der Waals surface area contributed by atoms with E-state index in [0.29, 0.717) is 37.4 Å². The molecule has 0 bridgehead atoms. The van der Waals surface area contributed by atoms with Gasteiger partial charge in [-0.15, -0.1) is 10.2 Å². The van der Waals surface area contributed by atoms with Crippen LogP contribution in [0.1, 0.15) is 31.4 Å². The summed E-state index contributed by atoms with van der Waals surface area (Å²) >= 11 is 0. The standard InChI is InChI=1S/C13H20F3N5/c1-9-6-10(2-3-17-9)7-20-4-5-21-11(8-20)18-19-12(21)13(14,15)16/h9-10,17H,2-8H2,1H3. The molecule has 1 saturated heterocycles. The van der Waals surface area contributed by atoms with Gasteiger partial charge in [0.15, 0.2) is 0 Å². The van der Waals surface area contributed by atoms with Gasteiger partial charge in [0, 0.05) is 25.7 Å². The van der Waals surface area contributed by atoms with E-state index >= 15 is 0 Å². The van der Waals surface area contributed by atoms with E-state index in [1.165, 1.54) is 4.57 Å². The summed E-state index contributed by atoms with van der Waals surface area (Å²) in [6.07, 6.45) is -2.17. The molecule has 2 aliphatic heterocycles. The lowest BCUT2D eigenvalue weighted by Crippen LogP contribution is -2.43. The van der Waals surface area contributed by atoms with Gasteiger partial charge in [0.05, 0.1) is 6.54 Å². The van der Waals surface area contributed by atoms with Crippen LogP contribution in [0, 0.1) is 5.92 Å². The van der Waals surface area contributed by atoms with Gasteiger partial charge in [0.1, 0.15) is 5.82 Å². The third-order valence-corrected chi connectivity index (χ3v) is 4.33. The maximum atomic E-state index is 12.8. The zero-order valence-electron chi connectivity index (χ0n) is 12.0. The van der Waals surface area contributed by atoms with Gasteiger partial charge in [0.25, 0.3) is 0 Å². The number of hydrogen-bond donors (Lipinski definition) is 1. The number of rotatable bonds is 2. The van der Waals surface area contributed by atoms with Gasteiger partial charge in [-0.25, -0.2) is 0 Å². The Kier molecular flexibility index (Phi) is 3.92. The van der Waals surface area contributed by atoms with Crippen LogP contribution < -0.4 is 5.32 Å². The van der Waals surface area contributed by atoms with E-state index in [-0.39, 0.29) is 0 Å². The quantitative estimate of drug-likeness (QED) is 0.899. The summed E-state index contributed by atoms with van der Waals surface area (Å²) < 4.78 is 39.5. The summed E-state index contributed by atoms with van der Waals surface area (Å²) in [6, 6.07) is 0.522. The van der Waals surface area contributed by atoms with Crippen LogP contribution in [0.4, 0.5) is 13.2 Å². The van der Waals surface area contributed by atoms with Crippen molar-refractivity contribution in [2.45, 2.75) is 45.1 Å². The number of nitrogens with zero attached hydrogens (tertiary/aromatic N) is 4. The predicted octanol–water partition coefficient (Wildman–Crippen LogP) is 1.50. The lowest BCUT2D eigenvalue weighted by atomic mass is 9.92. The van der Waals surface area contributed by atoms with Crippen LogP contribution >= 0.6 is 0 Å². The van der Waals surface area contributed by atoms with E-state index in [2.05, 4.69) is 27.3 Å². The second-order valence-electron chi connectivity index (χ2n) is 6.07. The van der Waals surface area contributed by atoms with Gasteiger partial charge in [0.2, 0.25) is 5.82 Å². The Labute approximate surface area is 121 Å². The van der Waals surface area contributed by atoms with Crippen molar-refractivity contribution in [2.24, 2.45) is 5.92 Å². The molecule has 2 aliphatic rings. The minimum absolute atomic E-state index is 0.317. The molecule has 1 aromatic rings. The van der Waals surface area contributed by atoms with Gasteiger partial charge >= 0.3 is 6.18 Å². The number of piperidine rings is 1. The Morgan fingerprint density at radius 3 is 2.81 bits per heavy atom. The summed E-state index contributed by atoms with van der Waals surface area (Å²) in [5, 5.41) is 10.4. The van der Waals surface area contributed by atoms with Crippen molar-refractivity contribution in [1.29, 1.82) is 0 Å². The molecule has 1 aromatic heterocycles. The van der Waals surface area contributed by atoms with Crippen LogP contribution in [0.2, 0.25) is 0 Å². The molecule has 0 spiro atoms. The van der Waals surface area contributed by atoms with Crippen molar-refractivity contribution >= 4 is 0 Å². The number of halogens is 3. The third-order valence-electron chi connectivity index (χ3n) is 4.33. The number of hydrogen-bond acceptors (Lipinski definition) is 4. The van der Waals surface area contributed by atoms with Crippen LogP contribution in [0.3, 0.4) is 0 Å². The number of fused-ring (bicyclic) bond motifs is 1. The SMILES string of the molecule is CC1CC(CN2CCn3c(nnc3C(F)(F)F)C2)CCN1.